The minimum atomic E-state index is -4.37. The summed E-state index contributed by atoms with van der Waals surface area (Å²) in [4.78, 5) is 3.81. The smallest absolute Gasteiger partial charge is 0.230 e. The van der Waals surface area contributed by atoms with Gasteiger partial charge in [-0.05, 0) is 24.3 Å². The summed E-state index contributed by atoms with van der Waals surface area (Å²) in [7, 11) is 0. The first-order valence-corrected chi connectivity index (χ1v) is 5.67. The number of halogens is 4. The molecule has 0 amide bonds. The minimum absolute atomic E-state index is 0.122. The number of alkyl halides is 3. The molecule has 1 nitrogen and oxygen atoms in total. The van der Waals surface area contributed by atoms with Crippen LogP contribution >= 0.6 is 23.4 Å². The predicted octanol–water partition coefficient (Wildman–Crippen LogP) is 4.26. The first-order valence-electron chi connectivity index (χ1n) is 4.31. The number of hydrogen-bond acceptors (Lipinski definition) is 2. The van der Waals surface area contributed by atoms with Crippen LogP contribution in [0.5, 0.6) is 0 Å². The Hall–Kier alpha value is -0.420. The molecule has 0 fully saturated rings. The van der Waals surface area contributed by atoms with Gasteiger partial charge in [0, 0.05) is 0 Å². The van der Waals surface area contributed by atoms with Crippen LogP contribution in [-0.4, -0.2) is 10.7 Å². The van der Waals surface area contributed by atoms with Crippen LogP contribution in [0.15, 0.2) is 17.2 Å². The molecule has 0 radical (unpaired) electrons. The second-order valence-corrected chi connectivity index (χ2v) is 4.37. The van der Waals surface area contributed by atoms with Gasteiger partial charge < -0.3 is 0 Å². The molecule has 1 rings (SSSR count). The molecular weight excluding hydrogens is 247 g/mol. The van der Waals surface area contributed by atoms with Crippen molar-refractivity contribution in [1.29, 1.82) is 0 Å². The summed E-state index contributed by atoms with van der Waals surface area (Å²) in [6, 6.07) is 1.85. The summed E-state index contributed by atoms with van der Waals surface area (Å²) < 4.78 is 37.1. The molecule has 0 atom stereocenters. The zero-order valence-electron chi connectivity index (χ0n) is 7.94. The number of thioether (sulfide) groups is 1. The predicted molar refractivity (Wildman–Crippen MR) is 55.3 cm³/mol. The maximum absolute atomic E-state index is 12.4. The third-order valence-electron chi connectivity index (χ3n) is 1.55. The molecule has 6 heteroatoms. The van der Waals surface area contributed by atoms with E-state index in [0.717, 1.165) is 24.3 Å². The van der Waals surface area contributed by atoms with E-state index in [4.69, 9.17) is 11.6 Å². The second-order valence-electron chi connectivity index (χ2n) is 2.86. The van der Waals surface area contributed by atoms with Crippen molar-refractivity contribution in [3.63, 3.8) is 0 Å². The fraction of sp³-hybridized carbons (Fsp3) is 0.444. The molecule has 0 bridgehead atoms. The van der Waals surface area contributed by atoms with Gasteiger partial charge in [0.1, 0.15) is 5.15 Å². The van der Waals surface area contributed by atoms with Gasteiger partial charge in [0.05, 0.1) is 10.6 Å². The molecule has 0 aliphatic carbocycles. The number of nitrogens with zero attached hydrogens (tertiary/aromatic N) is 1. The summed E-state index contributed by atoms with van der Waals surface area (Å²) in [5.41, 5.74) is -0.749. The number of pyridine rings is 1. The lowest BCUT2D eigenvalue weighted by molar-refractivity contribution is -0.137. The van der Waals surface area contributed by atoms with E-state index in [1.165, 1.54) is 11.8 Å². The summed E-state index contributed by atoms with van der Waals surface area (Å²) in [6.45, 7) is 1.95. The zero-order chi connectivity index (χ0) is 11.5. The van der Waals surface area contributed by atoms with Gasteiger partial charge in [0.25, 0.3) is 0 Å². The molecule has 0 aliphatic heterocycles. The highest BCUT2D eigenvalue weighted by atomic mass is 35.5. The van der Waals surface area contributed by atoms with Gasteiger partial charge in [-0.1, -0.05) is 18.5 Å². The highest BCUT2D eigenvalue weighted by molar-refractivity contribution is 7.99. The van der Waals surface area contributed by atoms with E-state index in [0.29, 0.717) is 5.03 Å². The van der Waals surface area contributed by atoms with Crippen LogP contribution in [0.2, 0.25) is 5.15 Å². The first kappa shape index (κ1) is 12.6. The summed E-state index contributed by atoms with van der Waals surface area (Å²) >= 11 is 6.78. The highest BCUT2D eigenvalue weighted by Gasteiger charge is 2.31. The lowest BCUT2D eigenvalue weighted by atomic mass is 10.3. The molecule has 0 N–H and O–H groups in total. The summed E-state index contributed by atoms with van der Waals surface area (Å²) in [5, 5.41) is 0.195. The van der Waals surface area contributed by atoms with Gasteiger partial charge in [-0.3, -0.25) is 0 Å². The van der Waals surface area contributed by atoms with E-state index < -0.39 is 11.7 Å². The molecule has 0 saturated heterocycles. The average Bonchev–Trinajstić information content (AvgIpc) is 2.12. The summed E-state index contributed by atoms with van der Waals surface area (Å²) in [5.74, 6) is 0.727. The van der Waals surface area contributed by atoms with E-state index in [1.807, 2.05) is 6.92 Å². The molecule has 0 aromatic carbocycles. The van der Waals surface area contributed by atoms with Crippen LogP contribution in [-0.2, 0) is 6.18 Å². The van der Waals surface area contributed by atoms with Crippen molar-refractivity contribution in [2.75, 3.05) is 5.75 Å². The van der Waals surface area contributed by atoms with E-state index >= 15 is 0 Å². The van der Waals surface area contributed by atoms with Gasteiger partial charge in [-0.15, -0.1) is 11.8 Å². The SMILES string of the molecule is CCCSc1cc(C(F)(F)F)cc(Cl)n1. The normalized spacial score (nSPS) is 11.8. The lowest BCUT2D eigenvalue weighted by Gasteiger charge is -2.08. The van der Waals surface area contributed by atoms with Gasteiger partial charge in [0.15, 0.2) is 0 Å². The lowest BCUT2D eigenvalue weighted by Crippen LogP contribution is -2.05. The molecule has 0 saturated carbocycles. The Balaban J connectivity index is 2.95. The van der Waals surface area contributed by atoms with Crippen LogP contribution in [0.4, 0.5) is 13.2 Å². The quantitative estimate of drug-likeness (QED) is 0.591. The number of aromatic nitrogens is 1. The first-order chi connectivity index (χ1) is 6.93. The van der Waals surface area contributed by atoms with Crippen molar-refractivity contribution < 1.29 is 13.2 Å². The number of hydrogen-bond donors (Lipinski definition) is 0. The average molecular weight is 256 g/mol. The molecule has 1 aromatic heterocycles. The number of rotatable bonds is 3. The molecular formula is C9H9ClF3NS. The van der Waals surface area contributed by atoms with Crippen LogP contribution in [0.3, 0.4) is 0 Å². The van der Waals surface area contributed by atoms with E-state index in [9.17, 15) is 13.2 Å². The Morgan fingerprint density at radius 2 is 2.07 bits per heavy atom. The van der Waals surface area contributed by atoms with Crippen LogP contribution < -0.4 is 0 Å². The Morgan fingerprint density at radius 3 is 2.60 bits per heavy atom. The van der Waals surface area contributed by atoms with E-state index in [1.54, 1.807) is 0 Å². The molecule has 0 spiro atoms. The van der Waals surface area contributed by atoms with Crippen molar-refractivity contribution in [3.05, 3.63) is 22.8 Å². The molecule has 0 aliphatic rings. The molecule has 84 valence electrons. The monoisotopic (exact) mass is 255 g/mol. The largest absolute Gasteiger partial charge is 0.416 e. The molecule has 1 aromatic rings. The van der Waals surface area contributed by atoms with Gasteiger partial charge in [0.2, 0.25) is 0 Å². The zero-order valence-corrected chi connectivity index (χ0v) is 9.51. The fourth-order valence-electron chi connectivity index (χ4n) is 0.917. The molecule has 0 unspecified atom stereocenters. The van der Waals surface area contributed by atoms with E-state index in [2.05, 4.69) is 4.98 Å². The third-order valence-corrected chi connectivity index (χ3v) is 2.86. The van der Waals surface area contributed by atoms with Crippen molar-refractivity contribution in [2.45, 2.75) is 24.5 Å². The third kappa shape index (κ3) is 3.91. The minimum Gasteiger partial charge on any atom is -0.230 e. The topological polar surface area (TPSA) is 12.9 Å². The second kappa shape index (κ2) is 5.07. The summed E-state index contributed by atoms with van der Waals surface area (Å²) in [6.07, 6.45) is -3.49. The van der Waals surface area contributed by atoms with Crippen molar-refractivity contribution >= 4 is 23.4 Å². The van der Waals surface area contributed by atoms with E-state index in [-0.39, 0.29) is 5.15 Å². The fourth-order valence-corrected chi connectivity index (χ4v) is 1.96. The Bertz CT molecular complexity index is 341. The Kier molecular flexibility index (Phi) is 4.28. The van der Waals surface area contributed by atoms with Crippen molar-refractivity contribution in [2.24, 2.45) is 0 Å². The van der Waals surface area contributed by atoms with Crippen molar-refractivity contribution in [3.8, 4) is 0 Å². The Labute approximate surface area is 95.0 Å². The molecule has 1 heterocycles. The van der Waals surface area contributed by atoms with Crippen LogP contribution in [0.25, 0.3) is 0 Å². The van der Waals surface area contributed by atoms with Gasteiger partial charge in [-0.2, -0.15) is 13.2 Å². The van der Waals surface area contributed by atoms with Gasteiger partial charge in [-0.25, -0.2) is 4.98 Å². The maximum Gasteiger partial charge on any atom is 0.416 e. The van der Waals surface area contributed by atoms with Crippen molar-refractivity contribution in [1.82, 2.24) is 4.98 Å². The van der Waals surface area contributed by atoms with Crippen LogP contribution in [0, 0.1) is 0 Å². The highest BCUT2D eigenvalue weighted by Crippen LogP contribution is 2.32. The molecule has 15 heavy (non-hydrogen) atoms. The Morgan fingerprint density at radius 1 is 1.40 bits per heavy atom. The van der Waals surface area contributed by atoms with Crippen LogP contribution in [0.1, 0.15) is 18.9 Å². The maximum atomic E-state index is 12.4. The standard InChI is InChI=1S/C9H9ClF3NS/c1-2-3-15-8-5-6(9(11,12)13)4-7(10)14-8/h4-5H,2-3H2,1H3. The van der Waals surface area contributed by atoms with Gasteiger partial charge >= 0.3 is 6.18 Å².